The lowest BCUT2D eigenvalue weighted by atomic mass is 10.1. The zero-order valence-corrected chi connectivity index (χ0v) is 8.61. The average molecular weight is 225 g/mol. The highest BCUT2D eigenvalue weighted by molar-refractivity contribution is 5.95. The molecule has 1 fully saturated rings. The predicted octanol–water partition coefficient (Wildman–Crippen LogP) is 1.35. The Morgan fingerprint density at radius 3 is 3.00 bits per heavy atom. The minimum absolute atomic E-state index is 0.0870. The van der Waals surface area contributed by atoms with Gasteiger partial charge in [0.2, 0.25) is 0 Å². The van der Waals surface area contributed by atoms with Crippen LogP contribution in [0.15, 0.2) is 18.2 Å². The van der Waals surface area contributed by atoms with Crippen molar-refractivity contribution in [2.75, 3.05) is 18.9 Å². The van der Waals surface area contributed by atoms with Gasteiger partial charge in [-0.25, -0.2) is 9.18 Å². The van der Waals surface area contributed by atoms with E-state index in [2.05, 4.69) is 0 Å². The van der Waals surface area contributed by atoms with Crippen LogP contribution < -0.4 is 5.73 Å². The molecule has 1 atom stereocenters. The third-order valence-corrected chi connectivity index (χ3v) is 2.41. The zero-order valence-electron chi connectivity index (χ0n) is 8.61. The topological polar surface area (TPSA) is 61.6 Å². The molecule has 0 amide bonds. The number of carbonyl (C=O) groups excluding carboxylic acids is 1. The lowest BCUT2D eigenvalue weighted by Crippen LogP contribution is -2.20. The van der Waals surface area contributed by atoms with Gasteiger partial charge in [-0.15, -0.1) is 0 Å². The summed E-state index contributed by atoms with van der Waals surface area (Å²) in [6.07, 6.45) is 0.339. The first-order valence-electron chi connectivity index (χ1n) is 5.01. The van der Waals surface area contributed by atoms with E-state index in [1.165, 1.54) is 18.2 Å². The first-order chi connectivity index (χ1) is 7.68. The van der Waals surface area contributed by atoms with Crippen LogP contribution in [0.3, 0.4) is 0 Å². The first-order valence-corrected chi connectivity index (χ1v) is 5.01. The minimum Gasteiger partial charge on any atom is -0.456 e. The number of rotatable bonds is 2. The van der Waals surface area contributed by atoms with Crippen LogP contribution in [0.1, 0.15) is 16.8 Å². The number of anilines is 1. The molecule has 2 N–H and O–H groups in total. The number of ether oxygens (including phenoxy) is 2. The summed E-state index contributed by atoms with van der Waals surface area (Å²) in [7, 11) is 0. The molecule has 86 valence electrons. The summed E-state index contributed by atoms with van der Waals surface area (Å²) < 4.78 is 23.5. The van der Waals surface area contributed by atoms with Crippen molar-refractivity contribution in [2.24, 2.45) is 0 Å². The maximum atomic E-state index is 13.4. The summed E-state index contributed by atoms with van der Waals surface area (Å²) in [5, 5.41) is 0. The Morgan fingerprint density at radius 2 is 2.38 bits per heavy atom. The minimum atomic E-state index is -0.730. The third kappa shape index (κ3) is 2.14. The molecule has 0 saturated carbocycles. The molecule has 1 aliphatic heterocycles. The molecule has 16 heavy (non-hydrogen) atoms. The van der Waals surface area contributed by atoms with Crippen molar-refractivity contribution in [3.8, 4) is 0 Å². The molecule has 0 spiro atoms. The second-order valence-corrected chi connectivity index (χ2v) is 3.59. The van der Waals surface area contributed by atoms with Gasteiger partial charge in [-0.3, -0.25) is 0 Å². The molecular weight excluding hydrogens is 213 g/mol. The first kappa shape index (κ1) is 10.9. The van der Waals surface area contributed by atoms with E-state index in [1.54, 1.807) is 0 Å². The number of carbonyl (C=O) groups is 1. The van der Waals surface area contributed by atoms with Gasteiger partial charge in [0.05, 0.1) is 13.2 Å². The van der Waals surface area contributed by atoms with Gasteiger partial charge in [-0.05, 0) is 12.1 Å². The number of hydrogen-bond acceptors (Lipinski definition) is 4. The van der Waals surface area contributed by atoms with Crippen LogP contribution >= 0.6 is 0 Å². The van der Waals surface area contributed by atoms with Crippen LogP contribution in [-0.2, 0) is 9.47 Å². The monoisotopic (exact) mass is 225 g/mol. The van der Waals surface area contributed by atoms with Crippen molar-refractivity contribution in [3.05, 3.63) is 29.6 Å². The standard InChI is InChI=1S/C11H12FNO3/c12-8-2-1-3-9(13)10(8)11(14)16-7-4-5-15-6-7/h1-3,7H,4-6,13H2. The summed E-state index contributed by atoms with van der Waals surface area (Å²) >= 11 is 0. The van der Waals surface area contributed by atoms with E-state index in [1.807, 2.05) is 0 Å². The van der Waals surface area contributed by atoms with Crippen molar-refractivity contribution in [2.45, 2.75) is 12.5 Å². The van der Waals surface area contributed by atoms with E-state index < -0.39 is 11.8 Å². The Balaban J connectivity index is 2.13. The molecule has 1 aliphatic rings. The summed E-state index contributed by atoms with van der Waals surface area (Å²) in [5.41, 5.74) is 5.41. The fraction of sp³-hybridized carbons (Fsp3) is 0.364. The highest BCUT2D eigenvalue weighted by atomic mass is 19.1. The highest BCUT2D eigenvalue weighted by Gasteiger charge is 2.23. The molecule has 1 unspecified atom stereocenters. The largest absolute Gasteiger partial charge is 0.456 e. The summed E-state index contributed by atoms with van der Waals surface area (Å²) in [6.45, 7) is 0.921. The average Bonchev–Trinajstić information content (AvgIpc) is 2.70. The lowest BCUT2D eigenvalue weighted by molar-refractivity contribution is 0.0267. The number of halogens is 1. The predicted molar refractivity (Wildman–Crippen MR) is 55.5 cm³/mol. The van der Waals surface area contributed by atoms with Crippen molar-refractivity contribution in [1.82, 2.24) is 0 Å². The van der Waals surface area contributed by atoms with E-state index in [4.69, 9.17) is 15.2 Å². The van der Waals surface area contributed by atoms with Gasteiger partial charge < -0.3 is 15.2 Å². The second-order valence-electron chi connectivity index (χ2n) is 3.59. The fourth-order valence-electron chi connectivity index (χ4n) is 1.57. The van der Waals surface area contributed by atoms with Gasteiger partial charge in [0.15, 0.2) is 0 Å². The fourth-order valence-corrected chi connectivity index (χ4v) is 1.57. The molecule has 0 aromatic heterocycles. The Hall–Kier alpha value is -1.62. The Bertz CT molecular complexity index is 382. The SMILES string of the molecule is Nc1cccc(F)c1C(=O)OC1CCOC1. The Morgan fingerprint density at radius 1 is 1.56 bits per heavy atom. The molecule has 4 nitrogen and oxygen atoms in total. The van der Waals surface area contributed by atoms with E-state index in [0.29, 0.717) is 19.6 Å². The van der Waals surface area contributed by atoms with Crippen LogP contribution in [-0.4, -0.2) is 25.3 Å². The lowest BCUT2D eigenvalue weighted by Gasteiger charge is -2.11. The summed E-state index contributed by atoms with van der Waals surface area (Å²) in [5.74, 6) is -1.39. The van der Waals surface area contributed by atoms with Crippen LogP contribution in [0.5, 0.6) is 0 Å². The Labute approximate surface area is 92.1 Å². The molecule has 1 saturated heterocycles. The maximum absolute atomic E-state index is 13.4. The highest BCUT2D eigenvalue weighted by Crippen LogP contribution is 2.19. The van der Waals surface area contributed by atoms with Crippen molar-refractivity contribution in [1.29, 1.82) is 0 Å². The molecular formula is C11H12FNO3. The normalized spacial score (nSPS) is 19.7. The number of hydrogen-bond donors (Lipinski definition) is 1. The summed E-state index contributed by atoms with van der Waals surface area (Å²) in [6, 6.07) is 4.09. The number of nitrogens with two attached hydrogens (primary N) is 1. The van der Waals surface area contributed by atoms with Gasteiger partial charge in [0, 0.05) is 12.1 Å². The quantitative estimate of drug-likeness (QED) is 0.609. The molecule has 1 aromatic rings. The number of benzene rings is 1. The number of nitrogen functional groups attached to an aromatic ring is 1. The molecule has 1 heterocycles. The summed E-state index contributed by atoms with van der Waals surface area (Å²) in [4.78, 5) is 11.6. The van der Waals surface area contributed by atoms with Crippen LogP contribution in [0, 0.1) is 5.82 Å². The molecule has 0 aliphatic carbocycles. The molecule has 5 heteroatoms. The van der Waals surface area contributed by atoms with Crippen molar-refractivity contribution < 1.29 is 18.7 Å². The van der Waals surface area contributed by atoms with Crippen molar-refractivity contribution in [3.63, 3.8) is 0 Å². The van der Waals surface area contributed by atoms with Gasteiger partial charge in [-0.1, -0.05) is 6.07 Å². The van der Waals surface area contributed by atoms with E-state index >= 15 is 0 Å². The van der Waals surface area contributed by atoms with Gasteiger partial charge in [-0.2, -0.15) is 0 Å². The van der Waals surface area contributed by atoms with Gasteiger partial charge in [0.1, 0.15) is 17.5 Å². The van der Waals surface area contributed by atoms with E-state index in [-0.39, 0.29) is 17.4 Å². The van der Waals surface area contributed by atoms with E-state index in [9.17, 15) is 9.18 Å². The van der Waals surface area contributed by atoms with Crippen LogP contribution in [0.4, 0.5) is 10.1 Å². The number of esters is 1. The van der Waals surface area contributed by atoms with Gasteiger partial charge >= 0.3 is 5.97 Å². The third-order valence-electron chi connectivity index (χ3n) is 2.41. The second kappa shape index (κ2) is 4.49. The molecule has 0 radical (unpaired) electrons. The Kier molecular flexibility index (Phi) is 3.05. The molecule has 1 aromatic carbocycles. The van der Waals surface area contributed by atoms with Crippen LogP contribution in [0.2, 0.25) is 0 Å². The molecule has 0 bridgehead atoms. The van der Waals surface area contributed by atoms with Crippen LogP contribution in [0.25, 0.3) is 0 Å². The molecule has 2 rings (SSSR count). The van der Waals surface area contributed by atoms with Gasteiger partial charge in [0.25, 0.3) is 0 Å². The maximum Gasteiger partial charge on any atom is 0.343 e. The smallest absolute Gasteiger partial charge is 0.343 e. The van der Waals surface area contributed by atoms with Crippen molar-refractivity contribution >= 4 is 11.7 Å². The van der Waals surface area contributed by atoms with E-state index in [0.717, 1.165) is 0 Å². The zero-order chi connectivity index (χ0) is 11.5.